The minimum atomic E-state index is -0.879. The van der Waals surface area contributed by atoms with Crippen LogP contribution in [-0.4, -0.2) is 25.1 Å². The topological polar surface area (TPSA) is 101 Å². The second-order valence-corrected chi connectivity index (χ2v) is 6.17. The molecule has 7 nitrogen and oxygen atoms in total. The Morgan fingerprint density at radius 3 is 2.73 bits per heavy atom. The number of hydrogen-bond donors (Lipinski definition) is 2. The molecule has 0 aromatic carbocycles. The Morgan fingerprint density at radius 2 is 2.09 bits per heavy atom. The van der Waals surface area contributed by atoms with Gasteiger partial charge in [0.25, 0.3) is 5.56 Å². The summed E-state index contributed by atoms with van der Waals surface area (Å²) in [5, 5.41) is 17.6. The van der Waals surface area contributed by atoms with Crippen molar-refractivity contribution in [3.63, 3.8) is 0 Å². The van der Waals surface area contributed by atoms with Gasteiger partial charge in [-0.1, -0.05) is 13.8 Å². The van der Waals surface area contributed by atoms with Crippen molar-refractivity contribution < 1.29 is 5.21 Å². The standard InChI is InChI=1S/C15H18N4O3/c1-7(2)9-4-11(9)10-5-13(18-17-8(10)3)12-6-19(22)15(21)16-14(12)20/h5-7,9,11,22H,4H2,1-3H3,(H,16,20,21)/t9-,11+/m1/s1. The van der Waals surface area contributed by atoms with Gasteiger partial charge in [-0.15, -0.1) is 9.83 Å². The van der Waals surface area contributed by atoms with E-state index in [1.54, 1.807) is 0 Å². The lowest BCUT2D eigenvalue weighted by Crippen LogP contribution is -2.29. The van der Waals surface area contributed by atoms with Crippen LogP contribution in [0.15, 0.2) is 21.9 Å². The zero-order valence-electron chi connectivity index (χ0n) is 12.7. The summed E-state index contributed by atoms with van der Waals surface area (Å²) in [5.41, 5.74) is 0.952. The molecule has 7 heteroatoms. The summed E-state index contributed by atoms with van der Waals surface area (Å²) in [6, 6.07) is 1.84. The molecule has 1 fully saturated rings. The molecule has 1 aliphatic rings. The van der Waals surface area contributed by atoms with E-state index in [2.05, 4.69) is 24.0 Å². The smallest absolute Gasteiger partial charge is 0.361 e. The summed E-state index contributed by atoms with van der Waals surface area (Å²) in [5.74, 6) is 1.66. The number of rotatable bonds is 3. The average molecular weight is 302 g/mol. The Hall–Kier alpha value is -2.44. The molecule has 2 aromatic heterocycles. The Labute approximate surface area is 126 Å². The van der Waals surface area contributed by atoms with Crippen molar-refractivity contribution in [1.29, 1.82) is 0 Å². The van der Waals surface area contributed by atoms with Gasteiger partial charge in [-0.25, -0.2) is 4.79 Å². The van der Waals surface area contributed by atoms with Gasteiger partial charge in [-0.05, 0) is 42.7 Å². The Morgan fingerprint density at radius 1 is 1.36 bits per heavy atom. The van der Waals surface area contributed by atoms with Crippen LogP contribution in [0.25, 0.3) is 11.3 Å². The number of aryl methyl sites for hydroxylation is 1. The van der Waals surface area contributed by atoms with Crippen molar-refractivity contribution in [3.05, 3.63) is 44.4 Å². The summed E-state index contributed by atoms with van der Waals surface area (Å²) in [6.45, 7) is 6.29. The van der Waals surface area contributed by atoms with E-state index < -0.39 is 11.2 Å². The molecule has 22 heavy (non-hydrogen) atoms. The molecular formula is C15H18N4O3. The highest BCUT2D eigenvalue weighted by Crippen LogP contribution is 2.52. The summed E-state index contributed by atoms with van der Waals surface area (Å²) < 4.78 is 0.339. The third-order valence-electron chi connectivity index (χ3n) is 4.31. The molecule has 1 saturated carbocycles. The molecule has 2 N–H and O–H groups in total. The van der Waals surface area contributed by atoms with Crippen molar-refractivity contribution in [2.45, 2.75) is 33.1 Å². The molecular weight excluding hydrogens is 284 g/mol. The highest BCUT2D eigenvalue weighted by molar-refractivity contribution is 5.57. The molecule has 2 heterocycles. The van der Waals surface area contributed by atoms with Crippen molar-refractivity contribution in [2.24, 2.45) is 11.8 Å². The molecule has 2 aromatic rings. The maximum absolute atomic E-state index is 11.9. The Kier molecular flexibility index (Phi) is 3.35. The normalized spacial score (nSPS) is 20.4. The van der Waals surface area contributed by atoms with E-state index in [0.29, 0.717) is 28.2 Å². The maximum atomic E-state index is 11.9. The van der Waals surface area contributed by atoms with Crippen LogP contribution in [0.2, 0.25) is 0 Å². The number of nitrogens with zero attached hydrogens (tertiary/aromatic N) is 3. The molecule has 0 radical (unpaired) electrons. The van der Waals surface area contributed by atoms with Crippen LogP contribution in [0, 0.1) is 18.8 Å². The first-order valence-electron chi connectivity index (χ1n) is 7.28. The van der Waals surface area contributed by atoms with Gasteiger partial charge in [-0.2, -0.15) is 5.10 Å². The van der Waals surface area contributed by atoms with E-state index in [4.69, 9.17) is 0 Å². The predicted molar refractivity (Wildman–Crippen MR) is 80.0 cm³/mol. The first-order valence-corrected chi connectivity index (χ1v) is 7.28. The summed E-state index contributed by atoms with van der Waals surface area (Å²) >= 11 is 0. The quantitative estimate of drug-likeness (QED) is 0.832. The second kappa shape index (κ2) is 5.08. The molecule has 116 valence electrons. The highest BCUT2D eigenvalue weighted by Gasteiger charge is 2.41. The minimum Gasteiger partial charge on any atom is -0.424 e. The largest absolute Gasteiger partial charge is 0.424 e. The molecule has 0 bridgehead atoms. The second-order valence-electron chi connectivity index (χ2n) is 6.17. The van der Waals surface area contributed by atoms with Crippen LogP contribution in [-0.2, 0) is 0 Å². The number of hydrogen-bond acceptors (Lipinski definition) is 5. The van der Waals surface area contributed by atoms with E-state index in [1.165, 1.54) is 0 Å². The first kappa shape index (κ1) is 14.5. The lowest BCUT2D eigenvalue weighted by Gasteiger charge is -2.08. The van der Waals surface area contributed by atoms with E-state index >= 15 is 0 Å². The van der Waals surface area contributed by atoms with Crippen LogP contribution in [0.4, 0.5) is 0 Å². The summed E-state index contributed by atoms with van der Waals surface area (Å²) in [7, 11) is 0. The molecule has 2 atom stereocenters. The van der Waals surface area contributed by atoms with Crippen molar-refractivity contribution in [1.82, 2.24) is 19.9 Å². The van der Waals surface area contributed by atoms with E-state index in [1.807, 2.05) is 18.0 Å². The molecule has 0 aliphatic heterocycles. The van der Waals surface area contributed by atoms with Gasteiger partial charge in [0.1, 0.15) is 5.69 Å². The Balaban J connectivity index is 2.05. The average Bonchev–Trinajstić information content (AvgIpc) is 3.24. The summed E-state index contributed by atoms with van der Waals surface area (Å²) in [4.78, 5) is 25.1. The van der Waals surface area contributed by atoms with Crippen LogP contribution >= 0.6 is 0 Å². The van der Waals surface area contributed by atoms with Gasteiger partial charge in [-0.3, -0.25) is 9.78 Å². The zero-order valence-corrected chi connectivity index (χ0v) is 12.7. The highest BCUT2D eigenvalue weighted by atomic mass is 16.5. The van der Waals surface area contributed by atoms with Gasteiger partial charge in [0.05, 0.1) is 17.5 Å². The molecule has 0 amide bonds. The van der Waals surface area contributed by atoms with Crippen LogP contribution in [0.1, 0.15) is 37.4 Å². The third-order valence-corrected chi connectivity index (χ3v) is 4.31. The SMILES string of the molecule is Cc1nnc(-c2cn(O)c(=O)[nH]c2=O)cc1[C@H]1C[C@@H]1C(C)C. The van der Waals surface area contributed by atoms with Crippen LogP contribution in [0.5, 0.6) is 0 Å². The monoisotopic (exact) mass is 302 g/mol. The van der Waals surface area contributed by atoms with Gasteiger partial charge >= 0.3 is 5.69 Å². The third kappa shape index (κ3) is 2.43. The van der Waals surface area contributed by atoms with Gasteiger partial charge in [0, 0.05) is 0 Å². The van der Waals surface area contributed by atoms with Crippen molar-refractivity contribution in [2.75, 3.05) is 0 Å². The fourth-order valence-electron chi connectivity index (χ4n) is 2.93. The number of H-pyrrole nitrogens is 1. The molecule has 1 aliphatic carbocycles. The van der Waals surface area contributed by atoms with Crippen LogP contribution in [0.3, 0.4) is 0 Å². The lowest BCUT2D eigenvalue weighted by molar-refractivity contribution is 0.170. The van der Waals surface area contributed by atoms with E-state index in [9.17, 15) is 14.8 Å². The number of aromatic amines is 1. The number of nitrogens with one attached hydrogen (secondary N) is 1. The number of aromatic nitrogens is 4. The lowest BCUT2D eigenvalue weighted by atomic mass is 10.0. The van der Waals surface area contributed by atoms with E-state index in [-0.39, 0.29) is 5.56 Å². The summed E-state index contributed by atoms with van der Waals surface area (Å²) in [6.07, 6.45) is 2.18. The van der Waals surface area contributed by atoms with Crippen molar-refractivity contribution >= 4 is 0 Å². The Bertz CT molecular complexity index is 837. The van der Waals surface area contributed by atoms with Gasteiger partial charge in [0.2, 0.25) is 0 Å². The fourth-order valence-corrected chi connectivity index (χ4v) is 2.93. The molecule has 0 spiro atoms. The maximum Gasteiger partial charge on any atom is 0.361 e. The minimum absolute atomic E-state index is 0.123. The first-order chi connectivity index (χ1) is 10.4. The fraction of sp³-hybridized carbons (Fsp3) is 0.467. The van der Waals surface area contributed by atoms with E-state index in [0.717, 1.165) is 23.9 Å². The zero-order chi connectivity index (χ0) is 16.0. The predicted octanol–water partition coefficient (Wildman–Crippen LogP) is 1.30. The van der Waals surface area contributed by atoms with Crippen LogP contribution < -0.4 is 11.2 Å². The molecule has 0 unspecified atom stereocenters. The van der Waals surface area contributed by atoms with Gasteiger partial charge < -0.3 is 5.21 Å². The molecule has 3 rings (SSSR count). The van der Waals surface area contributed by atoms with Gasteiger partial charge in [0.15, 0.2) is 0 Å². The van der Waals surface area contributed by atoms with Crippen molar-refractivity contribution in [3.8, 4) is 11.3 Å². The molecule has 0 saturated heterocycles.